The van der Waals surface area contributed by atoms with Gasteiger partial charge in [0.1, 0.15) is 5.60 Å². The van der Waals surface area contributed by atoms with Gasteiger partial charge in [-0.25, -0.2) is 4.79 Å². The Balaban J connectivity index is 4.98. The van der Waals surface area contributed by atoms with Gasteiger partial charge in [-0.15, -0.1) is 4.91 Å². The zero-order chi connectivity index (χ0) is 12.2. The largest absolute Gasteiger partial charge is 0.500 e. The summed E-state index contributed by atoms with van der Waals surface area (Å²) in [6.45, 7) is 5.76. The molecular formula is C9H13NO5. The molecule has 0 aromatic rings. The summed E-state index contributed by atoms with van der Waals surface area (Å²) in [4.78, 5) is 32.1. The molecule has 0 rings (SSSR count). The van der Waals surface area contributed by atoms with Gasteiger partial charge in [-0.05, 0) is 25.9 Å². The highest BCUT2D eigenvalue weighted by atomic mass is 16.6. The van der Waals surface area contributed by atoms with Gasteiger partial charge in [0.25, 0.3) is 0 Å². The number of carbonyl (C=O) groups excluding carboxylic acids is 2. The molecular weight excluding hydrogens is 202 g/mol. The van der Waals surface area contributed by atoms with Crippen LogP contribution in [0.4, 0.5) is 0 Å². The Labute approximate surface area is 86.9 Å². The quantitative estimate of drug-likeness (QED) is 0.333. The fraction of sp³-hybridized carbons (Fsp3) is 0.556. The molecule has 6 heteroatoms. The molecule has 0 aliphatic carbocycles. The van der Waals surface area contributed by atoms with Crippen molar-refractivity contribution in [2.24, 2.45) is 5.18 Å². The van der Waals surface area contributed by atoms with Gasteiger partial charge in [0.2, 0.25) is 5.76 Å². The van der Waals surface area contributed by atoms with Crippen LogP contribution in [-0.4, -0.2) is 22.5 Å². The van der Waals surface area contributed by atoms with E-state index < -0.39 is 28.8 Å². The van der Waals surface area contributed by atoms with Crippen LogP contribution in [0.2, 0.25) is 0 Å². The number of nitroso groups, excluding NO2 is 1. The summed E-state index contributed by atoms with van der Waals surface area (Å²) in [6, 6.07) is 0. The fourth-order valence-electron chi connectivity index (χ4n) is 0.697. The van der Waals surface area contributed by atoms with E-state index >= 15 is 0 Å². The third-order valence-electron chi connectivity index (χ3n) is 1.24. The topological polar surface area (TPSA) is 93.0 Å². The van der Waals surface area contributed by atoms with E-state index in [1.165, 1.54) is 0 Å². The summed E-state index contributed by atoms with van der Waals surface area (Å²) < 4.78 is 4.73. The minimum Gasteiger partial charge on any atom is -0.500 e. The Morgan fingerprint density at radius 2 is 1.73 bits per heavy atom. The molecule has 84 valence electrons. The number of carbonyl (C=O) groups is 2. The van der Waals surface area contributed by atoms with Crippen LogP contribution in [0.3, 0.4) is 0 Å². The molecule has 0 atom stereocenters. The van der Waals surface area contributed by atoms with Crippen LogP contribution < -0.4 is 0 Å². The summed E-state index contributed by atoms with van der Waals surface area (Å²) in [6.07, 6.45) is 0. The number of aliphatic hydroxyl groups is 1. The summed E-state index contributed by atoms with van der Waals surface area (Å²) in [7, 11) is 0. The van der Waals surface area contributed by atoms with Crippen LogP contribution in [0.25, 0.3) is 0 Å². The lowest BCUT2D eigenvalue weighted by molar-refractivity contribution is -0.153. The molecule has 0 spiro atoms. The fourth-order valence-corrected chi connectivity index (χ4v) is 0.697. The molecule has 0 aliphatic heterocycles. The maximum atomic E-state index is 11.2. The van der Waals surface area contributed by atoms with Crippen LogP contribution in [0.1, 0.15) is 27.7 Å². The molecule has 1 N–H and O–H groups in total. The van der Waals surface area contributed by atoms with Gasteiger partial charge in [0.05, 0.1) is 0 Å². The van der Waals surface area contributed by atoms with E-state index in [1.807, 2.05) is 0 Å². The van der Waals surface area contributed by atoms with Gasteiger partial charge in [0.15, 0.2) is 11.5 Å². The van der Waals surface area contributed by atoms with Gasteiger partial charge in [-0.3, -0.25) is 4.79 Å². The molecule has 0 bridgehead atoms. The number of ether oxygens (including phenoxy) is 1. The Morgan fingerprint density at radius 1 is 1.27 bits per heavy atom. The van der Waals surface area contributed by atoms with E-state index in [0.717, 1.165) is 6.92 Å². The van der Waals surface area contributed by atoms with Gasteiger partial charge < -0.3 is 9.84 Å². The SMILES string of the molecule is CC(=O)/C(N=O)=C(\O)C(=O)OC(C)(C)C. The molecule has 0 saturated carbocycles. The van der Waals surface area contributed by atoms with Crippen molar-refractivity contribution in [1.82, 2.24) is 0 Å². The van der Waals surface area contributed by atoms with Crippen LogP contribution in [-0.2, 0) is 14.3 Å². The lowest BCUT2D eigenvalue weighted by Gasteiger charge is -2.18. The van der Waals surface area contributed by atoms with Gasteiger partial charge in [0, 0.05) is 6.92 Å². The van der Waals surface area contributed by atoms with Crippen molar-refractivity contribution in [2.75, 3.05) is 0 Å². The summed E-state index contributed by atoms with van der Waals surface area (Å²) >= 11 is 0. The number of esters is 1. The number of Topliss-reactive ketones (excluding diaryl/α,β-unsaturated/α-hetero) is 1. The summed E-state index contributed by atoms with van der Waals surface area (Å²) in [5, 5.41) is 11.5. The first-order valence-corrected chi connectivity index (χ1v) is 4.20. The van der Waals surface area contributed by atoms with Gasteiger partial charge in [-0.2, -0.15) is 0 Å². The number of allylic oxidation sites excluding steroid dienone is 1. The van der Waals surface area contributed by atoms with E-state index in [4.69, 9.17) is 4.74 Å². The highest BCUT2D eigenvalue weighted by Gasteiger charge is 2.24. The normalized spacial score (nSPS) is 12.8. The van der Waals surface area contributed by atoms with E-state index in [0.29, 0.717) is 0 Å². The summed E-state index contributed by atoms with van der Waals surface area (Å²) in [5.41, 5.74) is -1.65. The first-order chi connectivity index (χ1) is 6.69. The molecule has 0 unspecified atom stereocenters. The number of ketones is 1. The zero-order valence-electron chi connectivity index (χ0n) is 9.03. The standard InChI is InChI=1S/C9H13NO5/c1-5(11)6(10-14)7(12)8(13)15-9(2,3)4/h12H,1-4H3/b7-6+. The van der Waals surface area contributed by atoms with Crippen molar-refractivity contribution in [3.8, 4) is 0 Å². The van der Waals surface area contributed by atoms with Crippen LogP contribution in [0.15, 0.2) is 16.6 Å². The summed E-state index contributed by atoms with van der Waals surface area (Å²) in [5.74, 6) is -3.01. The van der Waals surface area contributed by atoms with Crippen LogP contribution in [0, 0.1) is 4.91 Å². The first-order valence-electron chi connectivity index (χ1n) is 4.20. The van der Waals surface area contributed by atoms with Crippen molar-refractivity contribution in [2.45, 2.75) is 33.3 Å². The predicted molar refractivity (Wildman–Crippen MR) is 52.0 cm³/mol. The van der Waals surface area contributed by atoms with Crippen molar-refractivity contribution in [3.05, 3.63) is 16.4 Å². The third kappa shape index (κ3) is 4.35. The second kappa shape index (κ2) is 4.68. The maximum Gasteiger partial charge on any atom is 0.376 e. The molecule has 0 saturated heterocycles. The molecule has 0 fully saturated rings. The van der Waals surface area contributed by atoms with E-state index in [9.17, 15) is 19.6 Å². The zero-order valence-corrected chi connectivity index (χ0v) is 9.03. The van der Waals surface area contributed by atoms with E-state index in [1.54, 1.807) is 20.8 Å². The maximum absolute atomic E-state index is 11.2. The van der Waals surface area contributed by atoms with Crippen LogP contribution >= 0.6 is 0 Å². The van der Waals surface area contributed by atoms with Crippen molar-refractivity contribution in [1.29, 1.82) is 0 Å². The minimum absolute atomic E-state index is 0.798. The van der Waals surface area contributed by atoms with Crippen LogP contribution in [0.5, 0.6) is 0 Å². The Bertz CT molecular complexity index is 324. The van der Waals surface area contributed by atoms with Crippen molar-refractivity contribution >= 4 is 11.8 Å². The molecule has 0 aliphatic rings. The highest BCUT2D eigenvalue weighted by molar-refractivity contribution is 6.01. The lowest BCUT2D eigenvalue weighted by atomic mass is 10.2. The second-order valence-corrected chi connectivity index (χ2v) is 3.85. The second-order valence-electron chi connectivity index (χ2n) is 3.85. The van der Waals surface area contributed by atoms with Crippen molar-refractivity contribution in [3.63, 3.8) is 0 Å². The number of aliphatic hydroxyl groups excluding tert-OH is 1. The Kier molecular flexibility index (Phi) is 4.14. The predicted octanol–water partition coefficient (Wildman–Crippen LogP) is 1.45. The molecule has 0 radical (unpaired) electrons. The highest BCUT2D eigenvalue weighted by Crippen LogP contribution is 2.13. The molecule has 0 aromatic heterocycles. The first kappa shape index (κ1) is 13.3. The Morgan fingerprint density at radius 3 is 2.00 bits per heavy atom. The number of rotatable bonds is 3. The molecule has 15 heavy (non-hydrogen) atoms. The number of hydrogen-bond acceptors (Lipinski definition) is 6. The average Bonchev–Trinajstić information content (AvgIpc) is 2.01. The van der Waals surface area contributed by atoms with E-state index in [2.05, 4.69) is 5.18 Å². The molecule has 0 heterocycles. The number of nitrogens with zero attached hydrogens (tertiary/aromatic N) is 1. The van der Waals surface area contributed by atoms with Crippen molar-refractivity contribution < 1.29 is 19.4 Å². The Hall–Kier alpha value is -1.72. The monoisotopic (exact) mass is 215 g/mol. The smallest absolute Gasteiger partial charge is 0.376 e. The minimum atomic E-state index is -1.15. The van der Waals surface area contributed by atoms with Gasteiger partial charge >= 0.3 is 5.97 Å². The van der Waals surface area contributed by atoms with Gasteiger partial charge in [-0.1, -0.05) is 0 Å². The van der Waals surface area contributed by atoms with E-state index in [-0.39, 0.29) is 0 Å². The molecule has 0 amide bonds. The third-order valence-corrected chi connectivity index (χ3v) is 1.24. The number of hydrogen-bond donors (Lipinski definition) is 1. The average molecular weight is 215 g/mol. The lowest BCUT2D eigenvalue weighted by Crippen LogP contribution is -2.25. The molecule has 6 nitrogen and oxygen atoms in total. The molecule has 0 aromatic carbocycles.